The van der Waals surface area contributed by atoms with Crippen LogP contribution in [0.5, 0.6) is 0 Å². The van der Waals surface area contributed by atoms with Crippen molar-refractivity contribution in [2.45, 2.75) is 18.4 Å². The number of hydrogen-bond donors (Lipinski definition) is 2. The number of nitrogens with two attached hydrogens (primary N) is 1. The van der Waals surface area contributed by atoms with Gasteiger partial charge < -0.3 is 15.4 Å². The zero-order chi connectivity index (χ0) is 24.6. The third-order valence-electron chi connectivity index (χ3n) is 6.17. The molecule has 0 unspecified atom stereocenters. The fourth-order valence-electron chi connectivity index (χ4n) is 4.47. The first-order chi connectivity index (χ1) is 16.9. The van der Waals surface area contributed by atoms with Gasteiger partial charge in [-0.2, -0.15) is 15.3 Å². The molecule has 3 N–H and O–H groups in total. The van der Waals surface area contributed by atoms with Crippen LogP contribution in [-0.2, 0) is 10.3 Å². The predicted octanol–water partition coefficient (Wildman–Crippen LogP) is 4.79. The molecule has 0 aliphatic carbocycles. The number of nitrogens with zero attached hydrogens (tertiary/aromatic N) is 5. The van der Waals surface area contributed by atoms with Gasteiger partial charge in [0.2, 0.25) is 5.95 Å². The number of nitriles is 1. The lowest BCUT2D eigenvalue weighted by molar-refractivity contribution is -0.00679. The van der Waals surface area contributed by atoms with E-state index in [4.69, 9.17) is 33.7 Å². The number of primary amides is 1. The predicted molar refractivity (Wildman–Crippen MR) is 132 cm³/mol. The van der Waals surface area contributed by atoms with Crippen LogP contribution < -0.4 is 10.6 Å². The van der Waals surface area contributed by atoms with Crippen LogP contribution in [0.4, 0.5) is 10.7 Å². The maximum absolute atomic E-state index is 11.7. The smallest absolute Gasteiger partial charge is 0.405 e. The number of anilines is 1. The molecule has 1 aliphatic heterocycles. The first-order valence-electron chi connectivity index (χ1n) is 10.8. The zero-order valence-corrected chi connectivity index (χ0v) is 19.8. The molecule has 176 valence electrons. The summed E-state index contributed by atoms with van der Waals surface area (Å²) in [5.74, 6) is 0.377. The molecule has 9 nitrogen and oxygen atoms in total. The van der Waals surface area contributed by atoms with E-state index in [1.54, 1.807) is 18.2 Å². The van der Waals surface area contributed by atoms with Crippen LogP contribution >= 0.6 is 23.2 Å². The van der Waals surface area contributed by atoms with Crippen LogP contribution in [0.25, 0.3) is 22.3 Å². The van der Waals surface area contributed by atoms with Crippen LogP contribution in [0.2, 0.25) is 10.0 Å². The quantitative estimate of drug-likeness (QED) is 0.405. The first-order valence-corrected chi connectivity index (χ1v) is 11.6. The van der Waals surface area contributed by atoms with E-state index < -0.39 is 11.7 Å². The number of fused-ring (bicyclic) bond motifs is 1. The molecule has 0 atom stereocenters. The molecule has 5 rings (SSSR count). The molecule has 0 saturated carbocycles. The van der Waals surface area contributed by atoms with Crippen molar-refractivity contribution >= 4 is 46.3 Å². The van der Waals surface area contributed by atoms with E-state index in [2.05, 4.69) is 26.2 Å². The minimum Gasteiger partial charge on any atom is -0.438 e. The molecule has 11 heteroatoms. The second kappa shape index (κ2) is 9.06. The van der Waals surface area contributed by atoms with Gasteiger partial charge in [-0.15, -0.1) is 0 Å². The van der Waals surface area contributed by atoms with Crippen LogP contribution in [-0.4, -0.2) is 39.3 Å². The zero-order valence-electron chi connectivity index (χ0n) is 18.3. The van der Waals surface area contributed by atoms with Crippen molar-refractivity contribution in [3.8, 4) is 17.3 Å². The Bertz CT molecular complexity index is 1460. The van der Waals surface area contributed by atoms with Gasteiger partial charge >= 0.3 is 6.09 Å². The second-order valence-corrected chi connectivity index (χ2v) is 8.93. The molecule has 0 bridgehead atoms. The van der Waals surface area contributed by atoms with Gasteiger partial charge in [0.1, 0.15) is 17.4 Å². The van der Waals surface area contributed by atoms with Crippen molar-refractivity contribution in [1.82, 2.24) is 20.2 Å². The van der Waals surface area contributed by atoms with Gasteiger partial charge in [0, 0.05) is 31.5 Å². The molecule has 1 fully saturated rings. The summed E-state index contributed by atoms with van der Waals surface area (Å²) in [7, 11) is 0. The molecule has 1 saturated heterocycles. The molecule has 2 aromatic carbocycles. The average molecular weight is 508 g/mol. The summed E-state index contributed by atoms with van der Waals surface area (Å²) < 4.78 is 5.62. The van der Waals surface area contributed by atoms with Gasteiger partial charge in [-0.05, 0) is 11.6 Å². The van der Waals surface area contributed by atoms with Crippen molar-refractivity contribution in [3.63, 3.8) is 0 Å². The largest absolute Gasteiger partial charge is 0.438 e. The summed E-state index contributed by atoms with van der Waals surface area (Å²) in [5, 5.41) is 18.3. The van der Waals surface area contributed by atoms with Crippen molar-refractivity contribution in [2.24, 2.45) is 5.73 Å². The normalized spacial score (nSPS) is 15.1. The summed E-state index contributed by atoms with van der Waals surface area (Å²) in [6.07, 6.45) is 0.141. The Morgan fingerprint density at radius 1 is 1.11 bits per heavy atom. The molecule has 4 aromatic rings. The number of H-pyrrole nitrogens is 1. The number of halogens is 2. The topological polar surface area (TPSA) is 134 Å². The van der Waals surface area contributed by atoms with Crippen molar-refractivity contribution in [3.05, 3.63) is 69.8 Å². The molecular formula is C24H19Cl2N7O2. The van der Waals surface area contributed by atoms with Crippen LogP contribution in [0.15, 0.2) is 48.5 Å². The number of rotatable bonds is 4. The Labute approximate surface area is 210 Å². The van der Waals surface area contributed by atoms with E-state index >= 15 is 0 Å². The number of carbonyl (C=O) groups is 1. The average Bonchev–Trinajstić information content (AvgIpc) is 3.29. The summed E-state index contributed by atoms with van der Waals surface area (Å²) in [5.41, 5.74) is 7.04. The number of ether oxygens (including phenoxy) is 1. The van der Waals surface area contributed by atoms with Crippen molar-refractivity contribution in [1.29, 1.82) is 5.26 Å². The lowest BCUT2D eigenvalue weighted by atomic mass is 9.84. The Morgan fingerprint density at radius 2 is 1.86 bits per heavy atom. The number of aromatic nitrogens is 4. The lowest BCUT2D eigenvalue weighted by Gasteiger charge is -2.41. The molecule has 1 aliphatic rings. The van der Waals surface area contributed by atoms with Crippen LogP contribution in [0, 0.1) is 11.3 Å². The highest BCUT2D eigenvalue weighted by Gasteiger charge is 2.40. The summed E-state index contributed by atoms with van der Waals surface area (Å²) in [6.45, 7) is 0.972. The highest BCUT2D eigenvalue weighted by atomic mass is 35.5. The number of aromatic amines is 1. The van der Waals surface area contributed by atoms with Gasteiger partial charge in [0.25, 0.3) is 0 Å². The number of piperidine rings is 1. The van der Waals surface area contributed by atoms with Gasteiger partial charge in [-0.25, -0.2) is 9.78 Å². The third kappa shape index (κ3) is 4.11. The number of carbonyl (C=O) groups excluding carboxylic acids is 1. The Kier molecular flexibility index (Phi) is 5.93. The maximum Gasteiger partial charge on any atom is 0.405 e. The fraction of sp³-hybridized carbons (Fsp3) is 0.208. The SMILES string of the molecule is N#Cc1nc(N2CCC(OC(N)=O)(c3ccccc3)CC2)nc2[nH]nc(-c3cccc(Cl)c3Cl)c12. The third-order valence-corrected chi connectivity index (χ3v) is 6.99. The number of nitrogens with one attached hydrogen (secondary N) is 1. The van der Waals surface area contributed by atoms with Crippen LogP contribution in [0.1, 0.15) is 24.1 Å². The molecule has 35 heavy (non-hydrogen) atoms. The fourth-order valence-corrected chi connectivity index (χ4v) is 4.86. The molecule has 1 amide bonds. The Balaban J connectivity index is 1.48. The number of benzene rings is 2. The molecular weight excluding hydrogens is 489 g/mol. The first kappa shape index (κ1) is 22.9. The lowest BCUT2D eigenvalue weighted by Crippen LogP contribution is -2.46. The molecule has 3 heterocycles. The van der Waals surface area contributed by atoms with E-state index in [1.807, 2.05) is 35.2 Å². The van der Waals surface area contributed by atoms with Crippen LogP contribution in [0.3, 0.4) is 0 Å². The number of hydrogen-bond acceptors (Lipinski definition) is 7. The standard InChI is InChI=1S/C24H19Cl2N7O2/c25-16-8-4-7-15(19(16)26)20-18-17(13-27)29-23(30-21(18)32-31-20)33-11-9-24(10-12-33,35-22(28)34)14-5-2-1-3-6-14/h1-8H,9-12H2,(H2,28,34)(H,29,30,31,32). The summed E-state index contributed by atoms with van der Waals surface area (Å²) in [6, 6.07) is 16.9. The summed E-state index contributed by atoms with van der Waals surface area (Å²) >= 11 is 12.6. The Morgan fingerprint density at radius 3 is 2.54 bits per heavy atom. The minimum absolute atomic E-state index is 0.165. The van der Waals surface area contributed by atoms with E-state index in [0.29, 0.717) is 64.2 Å². The molecule has 2 aromatic heterocycles. The van der Waals surface area contributed by atoms with E-state index in [0.717, 1.165) is 5.56 Å². The van der Waals surface area contributed by atoms with Gasteiger partial charge in [-0.1, -0.05) is 65.7 Å². The highest BCUT2D eigenvalue weighted by molar-refractivity contribution is 6.43. The highest BCUT2D eigenvalue weighted by Crippen LogP contribution is 2.39. The van der Waals surface area contributed by atoms with E-state index in [-0.39, 0.29) is 5.69 Å². The minimum atomic E-state index is -0.837. The monoisotopic (exact) mass is 507 g/mol. The van der Waals surface area contributed by atoms with Crippen molar-refractivity contribution < 1.29 is 9.53 Å². The Hall–Kier alpha value is -3.87. The molecule has 0 spiro atoms. The summed E-state index contributed by atoms with van der Waals surface area (Å²) in [4.78, 5) is 22.8. The maximum atomic E-state index is 11.7. The second-order valence-electron chi connectivity index (χ2n) is 8.15. The van der Waals surface area contributed by atoms with Gasteiger partial charge in [0.15, 0.2) is 11.3 Å². The number of amides is 1. The van der Waals surface area contributed by atoms with Gasteiger partial charge in [-0.3, -0.25) is 5.10 Å². The molecule has 0 radical (unpaired) electrons. The van der Waals surface area contributed by atoms with E-state index in [1.165, 1.54) is 0 Å². The van der Waals surface area contributed by atoms with Crippen molar-refractivity contribution in [2.75, 3.05) is 18.0 Å². The van der Waals surface area contributed by atoms with Gasteiger partial charge in [0.05, 0.1) is 15.4 Å². The van der Waals surface area contributed by atoms with E-state index in [9.17, 15) is 10.1 Å².